The van der Waals surface area contributed by atoms with Crippen molar-refractivity contribution in [1.82, 2.24) is 15.0 Å². The van der Waals surface area contributed by atoms with Gasteiger partial charge in [0.15, 0.2) is 30.4 Å². The van der Waals surface area contributed by atoms with Crippen LogP contribution in [0, 0.1) is 6.92 Å². The van der Waals surface area contributed by atoms with Crippen LogP contribution >= 0.6 is 0 Å². The first kappa shape index (κ1) is 27.0. The minimum absolute atomic E-state index is 0.317. The zero-order valence-corrected chi connectivity index (χ0v) is 20.5. The molecule has 0 bridgehead atoms. The van der Waals surface area contributed by atoms with E-state index in [9.17, 15) is 19.2 Å². The highest BCUT2D eigenvalue weighted by molar-refractivity contribution is 5.68. The summed E-state index contributed by atoms with van der Waals surface area (Å²) in [6.45, 7) is 11.3. The second-order valence-electron chi connectivity index (χ2n) is 7.71. The van der Waals surface area contributed by atoms with Gasteiger partial charge in [0.25, 0.3) is 0 Å². The Labute approximate surface area is 197 Å². The average Bonchev–Trinajstić information content (AvgIpc) is 3.11. The smallest absolute Gasteiger partial charge is 0.303 e. The standard InChI is InChI=1S/C21H32N4O9/c1-8-24(9-2)20-11(3)22-23-25(20)21-19(33-15(7)29)18(32-14(6)28)17(31-13(5)27)16(34-21)10-30-12(4)26/h16-19,21H,8-10H2,1-7H3/t16-,17+,18+,19-,21-/m0/s1. The maximum absolute atomic E-state index is 12.0. The molecule has 1 aliphatic heterocycles. The van der Waals surface area contributed by atoms with Crippen molar-refractivity contribution in [2.45, 2.75) is 79.1 Å². The lowest BCUT2D eigenvalue weighted by atomic mass is 9.97. The fourth-order valence-electron chi connectivity index (χ4n) is 3.84. The molecule has 0 amide bonds. The van der Waals surface area contributed by atoms with Crippen LogP contribution < -0.4 is 4.90 Å². The SMILES string of the molecule is CCN(CC)c1c(C)nnn1[C@H]1O[C@@H](COC(C)=O)[C@@H](OC(C)=O)[C@@H](OC(C)=O)[C@@H]1OC(C)=O. The van der Waals surface area contributed by atoms with Gasteiger partial charge in [0, 0.05) is 40.8 Å². The molecule has 0 radical (unpaired) electrons. The number of nitrogens with zero attached hydrogens (tertiary/aromatic N) is 4. The van der Waals surface area contributed by atoms with Gasteiger partial charge in [0.1, 0.15) is 18.4 Å². The number of anilines is 1. The largest absolute Gasteiger partial charge is 0.463 e. The second-order valence-corrected chi connectivity index (χ2v) is 7.71. The molecule has 0 aliphatic carbocycles. The zero-order valence-electron chi connectivity index (χ0n) is 20.5. The number of carbonyl (C=O) groups is 4. The number of esters is 4. The van der Waals surface area contributed by atoms with E-state index in [1.165, 1.54) is 32.4 Å². The monoisotopic (exact) mass is 484 g/mol. The molecule has 1 saturated heterocycles. The van der Waals surface area contributed by atoms with Gasteiger partial charge in [-0.1, -0.05) is 5.21 Å². The molecule has 1 aromatic heterocycles. The minimum atomic E-state index is -1.28. The summed E-state index contributed by atoms with van der Waals surface area (Å²) < 4.78 is 29.1. The van der Waals surface area contributed by atoms with Crippen LogP contribution in [0.15, 0.2) is 0 Å². The molecule has 34 heavy (non-hydrogen) atoms. The summed E-state index contributed by atoms with van der Waals surface area (Å²) in [6, 6.07) is 0. The Hall–Kier alpha value is -3.22. The maximum atomic E-state index is 12.0. The third kappa shape index (κ3) is 6.43. The topological polar surface area (TPSA) is 148 Å². The third-order valence-corrected chi connectivity index (χ3v) is 5.10. The Morgan fingerprint density at radius 2 is 1.41 bits per heavy atom. The van der Waals surface area contributed by atoms with Gasteiger partial charge in [-0.25, -0.2) is 0 Å². The van der Waals surface area contributed by atoms with Crippen LogP contribution in [0.3, 0.4) is 0 Å². The molecule has 0 N–H and O–H groups in total. The second kappa shape index (κ2) is 11.8. The van der Waals surface area contributed by atoms with Gasteiger partial charge < -0.3 is 28.6 Å². The summed E-state index contributed by atoms with van der Waals surface area (Å²) in [7, 11) is 0. The van der Waals surface area contributed by atoms with Crippen LogP contribution in [0.2, 0.25) is 0 Å². The Morgan fingerprint density at radius 1 is 0.882 bits per heavy atom. The first-order chi connectivity index (χ1) is 16.0. The lowest BCUT2D eigenvalue weighted by molar-refractivity contribution is -0.270. The summed E-state index contributed by atoms with van der Waals surface area (Å²) in [6.07, 6.45) is -5.98. The van der Waals surface area contributed by atoms with E-state index in [2.05, 4.69) is 10.3 Å². The van der Waals surface area contributed by atoms with Gasteiger partial charge >= 0.3 is 23.9 Å². The molecule has 2 rings (SSSR count). The molecule has 1 aliphatic rings. The molecule has 1 aromatic rings. The molecular formula is C21H32N4O9. The normalized spacial score (nSPS) is 24.1. The molecule has 13 heteroatoms. The van der Waals surface area contributed by atoms with Crippen molar-refractivity contribution in [3.05, 3.63) is 5.69 Å². The first-order valence-corrected chi connectivity index (χ1v) is 11.0. The number of carbonyl (C=O) groups excluding carboxylic acids is 4. The summed E-state index contributed by atoms with van der Waals surface area (Å²) in [5.74, 6) is -2.07. The van der Waals surface area contributed by atoms with Crippen molar-refractivity contribution in [2.24, 2.45) is 0 Å². The van der Waals surface area contributed by atoms with Crippen molar-refractivity contribution in [2.75, 3.05) is 24.6 Å². The molecule has 5 atom stereocenters. The van der Waals surface area contributed by atoms with E-state index in [0.717, 1.165) is 0 Å². The van der Waals surface area contributed by atoms with E-state index in [1.54, 1.807) is 6.92 Å². The van der Waals surface area contributed by atoms with Gasteiger partial charge in [0.2, 0.25) is 0 Å². The summed E-state index contributed by atoms with van der Waals surface area (Å²) >= 11 is 0. The fraction of sp³-hybridized carbons (Fsp3) is 0.714. The Balaban J connectivity index is 2.65. The molecule has 0 saturated carbocycles. The maximum Gasteiger partial charge on any atom is 0.303 e. The van der Waals surface area contributed by atoms with Crippen LogP contribution in [-0.4, -0.2) is 83.0 Å². The van der Waals surface area contributed by atoms with E-state index in [1.807, 2.05) is 18.7 Å². The van der Waals surface area contributed by atoms with Crippen LogP contribution in [0.5, 0.6) is 0 Å². The molecule has 190 valence electrons. The number of rotatable bonds is 9. The van der Waals surface area contributed by atoms with Crippen molar-refractivity contribution >= 4 is 29.7 Å². The molecule has 0 unspecified atom stereocenters. The van der Waals surface area contributed by atoms with Crippen LogP contribution in [-0.2, 0) is 42.9 Å². The fourth-order valence-corrected chi connectivity index (χ4v) is 3.84. The van der Waals surface area contributed by atoms with Crippen LogP contribution in [0.25, 0.3) is 0 Å². The average molecular weight is 485 g/mol. The first-order valence-electron chi connectivity index (χ1n) is 11.0. The molecule has 1 fully saturated rings. The van der Waals surface area contributed by atoms with Crippen molar-refractivity contribution in [1.29, 1.82) is 0 Å². The van der Waals surface area contributed by atoms with Gasteiger partial charge in [-0.2, -0.15) is 4.68 Å². The predicted molar refractivity (Wildman–Crippen MR) is 116 cm³/mol. The van der Waals surface area contributed by atoms with Crippen LogP contribution in [0.4, 0.5) is 5.82 Å². The summed E-state index contributed by atoms with van der Waals surface area (Å²) in [5.41, 5.74) is 0.594. The van der Waals surface area contributed by atoms with Crippen molar-refractivity contribution < 1.29 is 42.9 Å². The van der Waals surface area contributed by atoms with E-state index in [4.69, 9.17) is 23.7 Å². The van der Waals surface area contributed by atoms with Crippen molar-refractivity contribution in [3.8, 4) is 0 Å². The predicted octanol–water partition coefficient (Wildman–Crippen LogP) is 0.688. The van der Waals surface area contributed by atoms with Crippen molar-refractivity contribution in [3.63, 3.8) is 0 Å². The molecule has 13 nitrogen and oxygen atoms in total. The van der Waals surface area contributed by atoms with Gasteiger partial charge in [-0.3, -0.25) is 19.2 Å². The molecular weight excluding hydrogens is 452 g/mol. The highest BCUT2D eigenvalue weighted by Crippen LogP contribution is 2.37. The van der Waals surface area contributed by atoms with E-state index in [0.29, 0.717) is 24.6 Å². The number of aryl methyl sites for hydroxylation is 1. The summed E-state index contributed by atoms with van der Waals surface area (Å²) in [5, 5.41) is 8.34. The third-order valence-electron chi connectivity index (χ3n) is 5.10. The van der Waals surface area contributed by atoms with Gasteiger partial charge in [-0.05, 0) is 20.8 Å². The van der Waals surface area contributed by atoms with E-state index >= 15 is 0 Å². The molecule has 0 aromatic carbocycles. The lowest BCUT2D eigenvalue weighted by Crippen LogP contribution is -2.60. The summed E-state index contributed by atoms with van der Waals surface area (Å²) in [4.78, 5) is 49.3. The number of ether oxygens (including phenoxy) is 5. The quantitative estimate of drug-likeness (QED) is 0.358. The Kier molecular flexibility index (Phi) is 9.36. The lowest BCUT2D eigenvalue weighted by Gasteiger charge is -2.44. The number of aromatic nitrogens is 3. The van der Waals surface area contributed by atoms with E-state index < -0.39 is 54.5 Å². The van der Waals surface area contributed by atoms with Gasteiger partial charge in [0.05, 0.1) is 0 Å². The highest BCUT2D eigenvalue weighted by atomic mass is 16.7. The highest BCUT2D eigenvalue weighted by Gasteiger charge is 2.53. The zero-order chi connectivity index (χ0) is 25.6. The Morgan fingerprint density at radius 3 is 1.91 bits per heavy atom. The number of hydrogen-bond acceptors (Lipinski definition) is 12. The van der Waals surface area contributed by atoms with Gasteiger partial charge in [-0.15, -0.1) is 5.10 Å². The van der Waals surface area contributed by atoms with E-state index in [-0.39, 0.29) is 6.61 Å². The van der Waals surface area contributed by atoms with Crippen LogP contribution in [0.1, 0.15) is 53.5 Å². The number of hydrogen-bond donors (Lipinski definition) is 0. The minimum Gasteiger partial charge on any atom is -0.463 e. The molecule has 0 spiro atoms. The molecule has 2 heterocycles. The Bertz CT molecular complexity index is 899.